The average molecular weight is 378 g/mol. The van der Waals surface area contributed by atoms with Crippen molar-refractivity contribution in [2.24, 2.45) is 0 Å². The van der Waals surface area contributed by atoms with Crippen LogP contribution in [0.3, 0.4) is 0 Å². The Bertz CT molecular complexity index is 1000. The zero-order valence-corrected chi connectivity index (χ0v) is 15.1. The predicted molar refractivity (Wildman–Crippen MR) is 102 cm³/mol. The van der Waals surface area contributed by atoms with E-state index in [9.17, 15) is 14.0 Å². The largest absolute Gasteiger partial charge is 0.353 e. The molecule has 0 bridgehead atoms. The number of aromatic amines is 1. The number of aromatic nitrogens is 2. The molecule has 7 heteroatoms. The van der Waals surface area contributed by atoms with Crippen LogP contribution in [-0.2, 0) is 11.2 Å². The molecule has 6 nitrogen and oxygen atoms in total. The molecule has 0 unspecified atom stereocenters. The summed E-state index contributed by atoms with van der Waals surface area (Å²) >= 11 is 0. The minimum Gasteiger partial charge on any atom is -0.353 e. The Balaban J connectivity index is 1.59. The van der Waals surface area contributed by atoms with Crippen LogP contribution in [0.15, 0.2) is 60.7 Å². The summed E-state index contributed by atoms with van der Waals surface area (Å²) in [4.78, 5) is 27.0. The number of carbonyl (C=O) groups excluding carboxylic acids is 2. The lowest BCUT2D eigenvalue weighted by molar-refractivity contribution is -0.127. The standard InChI is InChI=1S/C21H19FN4O2/c22-16-9-5-4-8-15(16)17-13-18(25-24-17)21(28)26-11-10-23-20(27)19(26)12-14-6-2-1-3-7-14/h1-9,13,19H,10-12H2,(H,23,27)(H,24,25)/t19-/m1/s1. The molecule has 28 heavy (non-hydrogen) atoms. The summed E-state index contributed by atoms with van der Waals surface area (Å²) in [6.45, 7) is 0.792. The number of halogens is 1. The van der Waals surface area contributed by atoms with E-state index in [2.05, 4.69) is 15.5 Å². The van der Waals surface area contributed by atoms with Crippen LogP contribution < -0.4 is 5.32 Å². The number of H-pyrrole nitrogens is 1. The normalized spacial score (nSPS) is 16.7. The first-order valence-electron chi connectivity index (χ1n) is 9.06. The second-order valence-corrected chi connectivity index (χ2v) is 6.64. The van der Waals surface area contributed by atoms with Crippen molar-refractivity contribution in [3.8, 4) is 11.3 Å². The highest BCUT2D eigenvalue weighted by Gasteiger charge is 2.34. The van der Waals surface area contributed by atoms with Gasteiger partial charge in [0.05, 0.1) is 5.69 Å². The maximum Gasteiger partial charge on any atom is 0.272 e. The summed E-state index contributed by atoms with van der Waals surface area (Å²) < 4.78 is 14.0. The lowest BCUT2D eigenvalue weighted by atomic mass is 10.0. The molecule has 2 aromatic carbocycles. The quantitative estimate of drug-likeness (QED) is 0.732. The van der Waals surface area contributed by atoms with Crippen LogP contribution in [0.25, 0.3) is 11.3 Å². The van der Waals surface area contributed by atoms with E-state index in [-0.39, 0.29) is 17.5 Å². The third-order valence-corrected chi connectivity index (χ3v) is 4.82. The van der Waals surface area contributed by atoms with Gasteiger partial charge in [0.15, 0.2) is 0 Å². The van der Waals surface area contributed by atoms with Crippen LogP contribution >= 0.6 is 0 Å². The van der Waals surface area contributed by atoms with E-state index < -0.39 is 11.9 Å². The molecule has 142 valence electrons. The number of hydrogen-bond acceptors (Lipinski definition) is 3. The fourth-order valence-electron chi connectivity index (χ4n) is 3.39. The average Bonchev–Trinajstić information content (AvgIpc) is 3.20. The van der Waals surface area contributed by atoms with E-state index in [4.69, 9.17) is 0 Å². The number of amides is 2. The molecule has 1 aliphatic heterocycles. The van der Waals surface area contributed by atoms with Gasteiger partial charge in [-0.05, 0) is 23.8 Å². The van der Waals surface area contributed by atoms with Gasteiger partial charge in [-0.2, -0.15) is 5.10 Å². The second kappa shape index (κ2) is 7.64. The van der Waals surface area contributed by atoms with Gasteiger partial charge in [-0.25, -0.2) is 4.39 Å². The van der Waals surface area contributed by atoms with Crippen LogP contribution in [0.2, 0.25) is 0 Å². The van der Waals surface area contributed by atoms with Gasteiger partial charge in [-0.1, -0.05) is 42.5 Å². The Morgan fingerprint density at radius 2 is 1.89 bits per heavy atom. The molecular weight excluding hydrogens is 359 g/mol. The van der Waals surface area contributed by atoms with Gasteiger partial charge in [0.1, 0.15) is 17.6 Å². The Kier molecular flexibility index (Phi) is 4.89. The molecule has 1 aromatic heterocycles. The molecule has 0 radical (unpaired) electrons. The smallest absolute Gasteiger partial charge is 0.272 e. The first kappa shape index (κ1) is 17.9. The van der Waals surface area contributed by atoms with Crippen molar-refractivity contribution < 1.29 is 14.0 Å². The van der Waals surface area contributed by atoms with Crippen molar-refractivity contribution in [1.82, 2.24) is 20.4 Å². The molecule has 1 fully saturated rings. The Morgan fingerprint density at radius 1 is 1.14 bits per heavy atom. The lowest BCUT2D eigenvalue weighted by Crippen LogP contribution is -2.58. The number of nitrogens with zero attached hydrogens (tertiary/aromatic N) is 2. The Morgan fingerprint density at radius 3 is 2.68 bits per heavy atom. The molecule has 1 aliphatic rings. The van der Waals surface area contributed by atoms with E-state index in [1.807, 2.05) is 30.3 Å². The van der Waals surface area contributed by atoms with Crippen LogP contribution in [0.5, 0.6) is 0 Å². The molecule has 2 amide bonds. The van der Waals surface area contributed by atoms with Gasteiger partial charge >= 0.3 is 0 Å². The van der Waals surface area contributed by atoms with Crippen LogP contribution in [0.1, 0.15) is 16.1 Å². The van der Waals surface area contributed by atoms with Crippen molar-refractivity contribution in [1.29, 1.82) is 0 Å². The summed E-state index contributed by atoms with van der Waals surface area (Å²) in [6, 6.07) is 16.7. The second-order valence-electron chi connectivity index (χ2n) is 6.64. The SMILES string of the molecule is O=C1NCCN(C(=O)c2cc(-c3ccccc3F)n[nH]2)[C@@H]1Cc1ccccc1. The zero-order valence-electron chi connectivity index (χ0n) is 15.1. The molecule has 0 saturated carbocycles. The van der Waals surface area contributed by atoms with E-state index in [0.717, 1.165) is 5.56 Å². The van der Waals surface area contributed by atoms with Gasteiger partial charge in [0.25, 0.3) is 5.91 Å². The summed E-state index contributed by atoms with van der Waals surface area (Å²) in [6.07, 6.45) is 0.423. The fourth-order valence-corrected chi connectivity index (χ4v) is 3.39. The number of rotatable bonds is 4. The van der Waals surface area contributed by atoms with Crippen LogP contribution in [0.4, 0.5) is 4.39 Å². The Labute approximate surface area is 161 Å². The molecule has 0 aliphatic carbocycles. The number of nitrogens with one attached hydrogen (secondary N) is 2. The predicted octanol–water partition coefficient (Wildman–Crippen LogP) is 2.40. The van der Waals surface area contributed by atoms with Gasteiger partial charge < -0.3 is 10.2 Å². The van der Waals surface area contributed by atoms with E-state index in [1.165, 1.54) is 12.1 Å². The molecule has 2 N–H and O–H groups in total. The monoisotopic (exact) mass is 378 g/mol. The highest BCUT2D eigenvalue weighted by molar-refractivity contribution is 5.97. The van der Waals surface area contributed by atoms with Gasteiger partial charge in [0.2, 0.25) is 5.91 Å². The molecule has 0 spiro atoms. The maximum absolute atomic E-state index is 14.0. The van der Waals surface area contributed by atoms with Crippen molar-refractivity contribution in [2.45, 2.75) is 12.5 Å². The lowest BCUT2D eigenvalue weighted by Gasteiger charge is -2.34. The third-order valence-electron chi connectivity index (χ3n) is 4.82. The number of benzene rings is 2. The van der Waals surface area contributed by atoms with Gasteiger partial charge in [0, 0.05) is 25.1 Å². The van der Waals surface area contributed by atoms with Crippen LogP contribution in [-0.4, -0.2) is 46.0 Å². The Hall–Kier alpha value is -3.48. The molecule has 3 aromatic rings. The minimum absolute atomic E-state index is 0.183. The van der Waals surface area contributed by atoms with Crippen molar-refractivity contribution in [3.63, 3.8) is 0 Å². The van der Waals surface area contributed by atoms with E-state index in [1.54, 1.807) is 23.1 Å². The summed E-state index contributed by atoms with van der Waals surface area (Å²) in [5, 5.41) is 9.59. The summed E-state index contributed by atoms with van der Waals surface area (Å²) in [5.74, 6) is -0.921. The van der Waals surface area contributed by atoms with Gasteiger partial charge in [-0.3, -0.25) is 14.7 Å². The molecular formula is C21H19FN4O2. The number of piperazine rings is 1. The maximum atomic E-state index is 14.0. The van der Waals surface area contributed by atoms with E-state index in [0.29, 0.717) is 30.8 Å². The third kappa shape index (κ3) is 3.51. The fraction of sp³-hybridized carbons (Fsp3) is 0.190. The van der Waals surface area contributed by atoms with Gasteiger partial charge in [-0.15, -0.1) is 0 Å². The molecule has 1 saturated heterocycles. The topological polar surface area (TPSA) is 78.1 Å². The van der Waals surface area contributed by atoms with Crippen LogP contribution in [0, 0.1) is 5.82 Å². The summed E-state index contributed by atoms with van der Waals surface area (Å²) in [5.41, 5.74) is 1.86. The van der Waals surface area contributed by atoms with Crippen molar-refractivity contribution in [3.05, 3.63) is 77.7 Å². The first-order valence-corrected chi connectivity index (χ1v) is 9.06. The molecule has 1 atom stereocenters. The summed E-state index contributed by atoms with van der Waals surface area (Å²) in [7, 11) is 0. The number of carbonyl (C=O) groups is 2. The van der Waals surface area contributed by atoms with Crippen molar-refractivity contribution in [2.75, 3.05) is 13.1 Å². The molecule has 4 rings (SSSR count). The highest BCUT2D eigenvalue weighted by Crippen LogP contribution is 2.22. The van der Waals surface area contributed by atoms with Crippen molar-refractivity contribution >= 4 is 11.8 Å². The number of hydrogen-bond donors (Lipinski definition) is 2. The molecule has 2 heterocycles. The zero-order chi connectivity index (χ0) is 19.5. The first-order chi connectivity index (χ1) is 13.6. The minimum atomic E-state index is -0.608. The van der Waals surface area contributed by atoms with E-state index >= 15 is 0 Å². The highest BCUT2D eigenvalue weighted by atomic mass is 19.1.